The molecule has 1 aliphatic rings. The van der Waals surface area contributed by atoms with Crippen molar-refractivity contribution in [1.82, 2.24) is 0 Å². The SMILES string of the molecule is NCc1ccc(-c2ccc3c(c2)OCCCO3)o1. The van der Waals surface area contributed by atoms with Crippen LogP contribution in [0.1, 0.15) is 12.2 Å². The highest BCUT2D eigenvalue weighted by Crippen LogP contribution is 2.34. The Morgan fingerprint density at radius 1 is 1.00 bits per heavy atom. The van der Waals surface area contributed by atoms with Gasteiger partial charge in [-0.05, 0) is 30.3 Å². The average molecular weight is 245 g/mol. The van der Waals surface area contributed by atoms with Gasteiger partial charge in [0.15, 0.2) is 11.5 Å². The third-order valence-corrected chi connectivity index (χ3v) is 2.89. The molecule has 0 fully saturated rings. The predicted molar refractivity (Wildman–Crippen MR) is 67.6 cm³/mol. The molecular weight excluding hydrogens is 230 g/mol. The van der Waals surface area contributed by atoms with Crippen molar-refractivity contribution in [3.8, 4) is 22.8 Å². The first-order valence-corrected chi connectivity index (χ1v) is 6.05. The number of furan rings is 1. The van der Waals surface area contributed by atoms with Crippen LogP contribution in [0.25, 0.3) is 11.3 Å². The van der Waals surface area contributed by atoms with Crippen molar-refractivity contribution in [1.29, 1.82) is 0 Å². The lowest BCUT2D eigenvalue weighted by atomic mass is 10.1. The normalized spacial score (nSPS) is 14.3. The zero-order valence-corrected chi connectivity index (χ0v) is 10.0. The van der Waals surface area contributed by atoms with Gasteiger partial charge in [0.2, 0.25) is 0 Å². The Morgan fingerprint density at radius 2 is 1.83 bits per heavy atom. The standard InChI is InChI=1S/C14H15NO3/c15-9-11-3-5-12(18-11)10-2-4-13-14(8-10)17-7-1-6-16-13/h2-5,8H,1,6-7,9,15H2. The minimum atomic E-state index is 0.407. The van der Waals surface area contributed by atoms with E-state index in [0.29, 0.717) is 19.8 Å². The molecular formula is C14H15NO3. The molecule has 2 heterocycles. The predicted octanol–water partition coefficient (Wildman–Crippen LogP) is 2.57. The minimum absolute atomic E-state index is 0.407. The van der Waals surface area contributed by atoms with Crippen LogP contribution < -0.4 is 15.2 Å². The molecule has 0 saturated heterocycles. The second kappa shape index (κ2) is 4.74. The number of hydrogen-bond donors (Lipinski definition) is 1. The van der Waals surface area contributed by atoms with E-state index in [4.69, 9.17) is 19.6 Å². The van der Waals surface area contributed by atoms with Crippen molar-refractivity contribution in [3.05, 3.63) is 36.1 Å². The van der Waals surface area contributed by atoms with Gasteiger partial charge >= 0.3 is 0 Å². The van der Waals surface area contributed by atoms with Gasteiger partial charge in [-0.3, -0.25) is 0 Å². The summed E-state index contributed by atoms with van der Waals surface area (Å²) in [5.74, 6) is 3.14. The van der Waals surface area contributed by atoms with Crippen LogP contribution in [0.4, 0.5) is 0 Å². The zero-order chi connectivity index (χ0) is 12.4. The van der Waals surface area contributed by atoms with Crippen molar-refractivity contribution < 1.29 is 13.9 Å². The highest BCUT2D eigenvalue weighted by molar-refractivity contribution is 5.63. The second-order valence-electron chi connectivity index (χ2n) is 4.18. The fraction of sp³-hybridized carbons (Fsp3) is 0.286. The molecule has 4 heteroatoms. The molecule has 0 unspecified atom stereocenters. The van der Waals surface area contributed by atoms with Gasteiger partial charge in [0.25, 0.3) is 0 Å². The average Bonchev–Trinajstić information content (AvgIpc) is 2.76. The van der Waals surface area contributed by atoms with Gasteiger partial charge in [0.05, 0.1) is 19.8 Å². The maximum atomic E-state index is 5.65. The zero-order valence-electron chi connectivity index (χ0n) is 10.0. The Balaban J connectivity index is 1.95. The van der Waals surface area contributed by atoms with Crippen molar-refractivity contribution in [3.63, 3.8) is 0 Å². The first kappa shape index (κ1) is 11.2. The van der Waals surface area contributed by atoms with Crippen LogP contribution in [-0.4, -0.2) is 13.2 Å². The molecule has 94 valence electrons. The van der Waals surface area contributed by atoms with Gasteiger partial charge in [-0.15, -0.1) is 0 Å². The second-order valence-corrected chi connectivity index (χ2v) is 4.18. The number of rotatable bonds is 2. The van der Waals surface area contributed by atoms with E-state index < -0.39 is 0 Å². The van der Waals surface area contributed by atoms with Crippen LogP contribution in [0, 0.1) is 0 Å². The molecule has 3 rings (SSSR count). The number of benzene rings is 1. The molecule has 0 bridgehead atoms. The van der Waals surface area contributed by atoms with Crippen LogP contribution in [-0.2, 0) is 6.54 Å². The summed E-state index contributed by atoms with van der Waals surface area (Å²) in [4.78, 5) is 0. The summed E-state index contributed by atoms with van der Waals surface area (Å²) in [6.45, 7) is 1.79. The maximum absolute atomic E-state index is 5.65. The lowest BCUT2D eigenvalue weighted by molar-refractivity contribution is 0.297. The third-order valence-electron chi connectivity index (χ3n) is 2.89. The Kier molecular flexibility index (Phi) is 2.94. The third kappa shape index (κ3) is 2.07. The van der Waals surface area contributed by atoms with Gasteiger partial charge < -0.3 is 19.6 Å². The summed E-state index contributed by atoms with van der Waals surface area (Å²) in [7, 11) is 0. The van der Waals surface area contributed by atoms with E-state index in [1.54, 1.807) is 0 Å². The van der Waals surface area contributed by atoms with E-state index in [1.807, 2.05) is 30.3 Å². The molecule has 4 nitrogen and oxygen atoms in total. The highest BCUT2D eigenvalue weighted by atomic mass is 16.5. The highest BCUT2D eigenvalue weighted by Gasteiger charge is 2.12. The summed E-state index contributed by atoms with van der Waals surface area (Å²) in [5.41, 5.74) is 6.51. The van der Waals surface area contributed by atoms with Gasteiger partial charge in [-0.25, -0.2) is 0 Å². The number of nitrogens with two attached hydrogens (primary N) is 1. The summed E-state index contributed by atoms with van der Waals surface area (Å²) in [6.07, 6.45) is 0.905. The Morgan fingerprint density at radius 3 is 2.61 bits per heavy atom. The number of hydrogen-bond acceptors (Lipinski definition) is 4. The van der Waals surface area contributed by atoms with Crippen LogP contribution >= 0.6 is 0 Å². The monoisotopic (exact) mass is 245 g/mol. The van der Waals surface area contributed by atoms with E-state index in [9.17, 15) is 0 Å². The molecule has 2 aromatic rings. The van der Waals surface area contributed by atoms with E-state index >= 15 is 0 Å². The van der Waals surface area contributed by atoms with Gasteiger partial charge in [0, 0.05) is 12.0 Å². The fourth-order valence-corrected chi connectivity index (χ4v) is 1.96. The first-order chi connectivity index (χ1) is 8.86. The molecule has 0 aliphatic carbocycles. The molecule has 1 aliphatic heterocycles. The smallest absolute Gasteiger partial charge is 0.161 e. The van der Waals surface area contributed by atoms with E-state index in [0.717, 1.165) is 35.0 Å². The minimum Gasteiger partial charge on any atom is -0.490 e. The molecule has 0 amide bonds. The Hall–Kier alpha value is -1.94. The summed E-state index contributed by atoms with van der Waals surface area (Å²) < 4.78 is 16.9. The van der Waals surface area contributed by atoms with E-state index in [1.165, 1.54) is 0 Å². The number of fused-ring (bicyclic) bond motifs is 1. The lowest BCUT2D eigenvalue weighted by Crippen LogP contribution is -1.97. The summed E-state index contributed by atoms with van der Waals surface area (Å²) in [5, 5.41) is 0. The number of ether oxygens (including phenoxy) is 2. The van der Waals surface area contributed by atoms with E-state index in [2.05, 4.69) is 0 Å². The largest absolute Gasteiger partial charge is 0.490 e. The molecule has 18 heavy (non-hydrogen) atoms. The Labute approximate surface area is 105 Å². The maximum Gasteiger partial charge on any atom is 0.161 e. The van der Waals surface area contributed by atoms with Crippen molar-refractivity contribution in [2.75, 3.05) is 13.2 Å². The van der Waals surface area contributed by atoms with Gasteiger partial charge in [0.1, 0.15) is 11.5 Å². The van der Waals surface area contributed by atoms with E-state index in [-0.39, 0.29) is 0 Å². The van der Waals surface area contributed by atoms with Crippen LogP contribution in [0.5, 0.6) is 11.5 Å². The molecule has 1 aromatic carbocycles. The van der Waals surface area contributed by atoms with Crippen LogP contribution in [0.3, 0.4) is 0 Å². The molecule has 0 radical (unpaired) electrons. The summed E-state index contributed by atoms with van der Waals surface area (Å²) in [6, 6.07) is 9.63. The van der Waals surface area contributed by atoms with Crippen LogP contribution in [0.2, 0.25) is 0 Å². The Bertz CT molecular complexity index is 548. The molecule has 0 spiro atoms. The molecule has 0 atom stereocenters. The van der Waals surface area contributed by atoms with Crippen molar-refractivity contribution >= 4 is 0 Å². The van der Waals surface area contributed by atoms with Crippen molar-refractivity contribution in [2.24, 2.45) is 5.73 Å². The summed E-state index contributed by atoms with van der Waals surface area (Å²) >= 11 is 0. The fourth-order valence-electron chi connectivity index (χ4n) is 1.96. The first-order valence-electron chi connectivity index (χ1n) is 6.05. The topological polar surface area (TPSA) is 57.6 Å². The molecule has 0 saturated carbocycles. The van der Waals surface area contributed by atoms with Gasteiger partial charge in [-0.2, -0.15) is 0 Å². The molecule has 1 aromatic heterocycles. The lowest BCUT2D eigenvalue weighted by Gasteiger charge is -2.08. The quantitative estimate of drug-likeness (QED) is 0.883. The molecule has 2 N–H and O–H groups in total. The van der Waals surface area contributed by atoms with Gasteiger partial charge in [-0.1, -0.05) is 0 Å². The van der Waals surface area contributed by atoms with Crippen molar-refractivity contribution in [2.45, 2.75) is 13.0 Å². The van der Waals surface area contributed by atoms with Crippen LogP contribution in [0.15, 0.2) is 34.7 Å².